The summed E-state index contributed by atoms with van der Waals surface area (Å²) in [6, 6.07) is 6.80. The van der Waals surface area contributed by atoms with Crippen molar-refractivity contribution in [2.24, 2.45) is 23.7 Å². The fourth-order valence-corrected chi connectivity index (χ4v) is 5.97. The summed E-state index contributed by atoms with van der Waals surface area (Å²) in [5, 5.41) is 0. The Kier molecular flexibility index (Phi) is 11.4. The van der Waals surface area contributed by atoms with E-state index in [1.807, 2.05) is 6.92 Å². The van der Waals surface area contributed by atoms with Crippen LogP contribution in [0.25, 0.3) is 0 Å². The Morgan fingerprint density at radius 2 is 1.26 bits per heavy atom. The van der Waals surface area contributed by atoms with Gasteiger partial charge in [-0.05, 0) is 87.0 Å². The molecule has 34 heavy (non-hydrogen) atoms. The van der Waals surface area contributed by atoms with E-state index in [4.69, 9.17) is 9.47 Å². The molecule has 2 aliphatic rings. The average molecular weight is 471 g/mol. The van der Waals surface area contributed by atoms with Gasteiger partial charge in [-0.3, -0.25) is 9.59 Å². The van der Waals surface area contributed by atoms with Gasteiger partial charge in [-0.25, -0.2) is 0 Å². The van der Waals surface area contributed by atoms with E-state index in [1.54, 1.807) is 24.3 Å². The molecule has 0 bridgehead atoms. The highest BCUT2D eigenvalue weighted by atomic mass is 16.5. The van der Waals surface area contributed by atoms with Crippen LogP contribution in [0.2, 0.25) is 0 Å². The molecule has 3 rings (SSSR count). The maximum atomic E-state index is 12.7. The van der Waals surface area contributed by atoms with Crippen LogP contribution in [0, 0.1) is 23.7 Å². The van der Waals surface area contributed by atoms with Gasteiger partial charge in [0.1, 0.15) is 11.5 Å². The van der Waals surface area contributed by atoms with Crippen LogP contribution in [-0.2, 0) is 9.59 Å². The molecule has 0 aliphatic heterocycles. The summed E-state index contributed by atoms with van der Waals surface area (Å²) in [4.78, 5) is 24.3. The number of unbranched alkanes of at least 4 members (excludes halogenated alkanes) is 4. The molecule has 4 heteroatoms. The fraction of sp³-hybridized carbons (Fsp3) is 0.733. The van der Waals surface area contributed by atoms with Gasteiger partial charge in [0.15, 0.2) is 0 Å². The molecule has 0 atom stereocenters. The third kappa shape index (κ3) is 8.74. The third-order valence-corrected chi connectivity index (χ3v) is 8.11. The van der Waals surface area contributed by atoms with E-state index in [1.165, 1.54) is 77.0 Å². The highest BCUT2D eigenvalue weighted by Crippen LogP contribution is 2.42. The average Bonchev–Trinajstić information content (AvgIpc) is 2.86. The lowest BCUT2D eigenvalue weighted by Gasteiger charge is -2.37. The smallest absolute Gasteiger partial charge is 0.314 e. The standard InChI is InChI=1S/C30H46O4/c1-3-5-6-7-8-10-23-11-13-24(14-12-23)25-15-17-26(18-16-25)30(32)34-28-21-19-27(20-22-28)33-29(31)9-4-2/h19-26H,3-18H2,1-2H3. The van der Waals surface area contributed by atoms with Gasteiger partial charge in [-0.2, -0.15) is 0 Å². The van der Waals surface area contributed by atoms with Crippen molar-refractivity contribution in [2.75, 3.05) is 0 Å². The number of ether oxygens (including phenoxy) is 2. The number of carbonyl (C=O) groups is 2. The second-order valence-corrected chi connectivity index (χ2v) is 10.7. The van der Waals surface area contributed by atoms with Gasteiger partial charge >= 0.3 is 11.9 Å². The second-order valence-electron chi connectivity index (χ2n) is 10.7. The minimum Gasteiger partial charge on any atom is -0.427 e. The summed E-state index contributed by atoms with van der Waals surface area (Å²) in [7, 11) is 0. The molecule has 0 N–H and O–H groups in total. The molecule has 190 valence electrons. The van der Waals surface area contributed by atoms with Crippen LogP contribution in [0.15, 0.2) is 24.3 Å². The summed E-state index contributed by atoms with van der Waals surface area (Å²) in [5.41, 5.74) is 0. The molecule has 2 saturated carbocycles. The van der Waals surface area contributed by atoms with E-state index < -0.39 is 0 Å². The van der Waals surface area contributed by atoms with Gasteiger partial charge < -0.3 is 9.47 Å². The first-order valence-electron chi connectivity index (χ1n) is 14.1. The van der Waals surface area contributed by atoms with Crippen LogP contribution >= 0.6 is 0 Å². The minimum atomic E-state index is -0.236. The van der Waals surface area contributed by atoms with Gasteiger partial charge in [0.25, 0.3) is 0 Å². The van der Waals surface area contributed by atoms with Crippen molar-refractivity contribution in [3.05, 3.63) is 24.3 Å². The van der Waals surface area contributed by atoms with E-state index in [2.05, 4.69) is 6.92 Å². The van der Waals surface area contributed by atoms with E-state index in [9.17, 15) is 9.59 Å². The Labute approximate surface area is 207 Å². The molecule has 4 nitrogen and oxygen atoms in total. The summed E-state index contributed by atoms with van der Waals surface area (Å²) >= 11 is 0. The molecule has 0 heterocycles. The number of rotatable bonds is 12. The Balaban J connectivity index is 1.33. The number of carbonyl (C=O) groups excluding carboxylic acids is 2. The summed E-state index contributed by atoms with van der Waals surface area (Å²) in [5.74, 6) is 3.31. The van der Waals surface area contributed by atoms with Crippen molar-refractivity contribution in [3.63, 3.8) is 0 Å². The molecule has 1 aromatic rings. The zero-order valence-corrected chi connectivity index (χ0v) is 21.6. The van der Waals surface area contributed by atoms with Crippen molar-refractivity contribution in [1.29, 1.82) is 0 Å². The zero-order chi connectivity index (χ0) is 24.2. The molecule has 0 amide bonds. The van der Waals surface area contributed by atoms with Crippen molar-refractivity contribution < 1.29 is 19.1 Å². The maximum Gasteiger partial charge on any atom is 0.314 e. The third-order valence-electron chi connectivity index (χ3n) is 8.11. The van der Waals surface area contributed by atoms with Crippen molar-refractivity contribution in [3.8, 4) is 11.5 Å². The molecule has 0 spiro atoms. The Bertz CT molecular complexity index is 725. The maximum absolute atomic E-state index is 12.7. The van der Waals surface area contributed by atoms with Gasteiger partial charge in [0.05, 0.1) is 5.92 Å². The van der Waals surface area contributed by atoms with Crippen LogP contribution in [0.4, 0.5) is 0 Å². The normalized spacial score (nSPS) is 25.0. The van der Waals surface area contributed by atoms with Crippen LogP contribution in [0.5, 0.6) is 11.5 Å². The number of hydrogen-bond donors (Lipinski definition) is 0. The summed E-state index contributed by atoms with van der Waals surface area (Å²) in [6.45, 7) is 4.23. The molecule has 0 saturated heterocycles. The molecule has 0 unspecified atom stereocenters. The highest BCUT2D eigenvalue weighted by molar-refractivity contribution is 5.75. The molecule has 1 aromatic carbocycles. The van der Waals surface area contributed by atoms with Gasteiger partial charge in [-0.15, -0.1) is 0 Å². The lowest BCUT2D eigenvalue weighted by atomic mass is 9.68. The van der Waals surface area contributed by atoms with Crippen molar-refractivity contribution >= 4 is 11.9 Å². The van der Waals surface area contributed by atoms with Crippen LogP contribution in [0.1, 0.15) is 117 Å². The lowest BCUT2D eigenvalue weighted by molar-refractivity contribution is -0.140. The van der Waals surface area contributed by atoms with Gasteiger partial charge in [0.2, 0.25) is 0 Å². The first-order valence-corrected chi connectivity index (χ1v) is 14.1. The predicted molar refractivity (Wildman–Crippen MR) is 137 cm³/mol. The lowest BCUT2D eigenvalue weighted by Crippen LogP contribution is -2.30. The molecule has 2 fully saturated rings. The van der Waals surface area contributed by atoms with E-state index in [0.717, 1.165) is 37.0 Å². The molecule has 2 aliphatic carbocycles. The van der Waals surface area contributed by atoms with E-state index >= 15 is 0 Å². The number of esters is 2. The highest BCUT2D eigenvalue weighted by Gasteiger charge is 2.33. The van der Waals surface area contributed by atoms with Gasteiger partial charge in [0, 0.05) is 6.42 Å². The van der Waals surface area contributed by atoms with Crippen molar-refractivity contribution in [2.45, 2.75) is 117 Å². The SMILES string of the molecule is CCCCCCCC1CCC(C2CCC(C(=O)Oc3ccc(OC(=O)CCC)cc3)CC2)CC1. The Hall–Kier alpha value is -1.84. The molecule has 0 radical (unpaired) electrons. The van der Waals surface area contributed by atoms with Crippen LogP contribution in [-0.4, -0.2) is 11.9 Å². The van der Waals surface area contributed by atoms with Crippen molar-refractivity contribution in [1.82, 2.24) is 0 Å². The quantitative estimate of drug-likeness (QED) is 0.175. The van der Waals surface area contributed by atoms with E-state index in [-0.39, 0.29) is 17.9 Å². The minimum absolute atomic E-state index is 0.0118. The molecule has 0 aromatic heterocycles. The first kappa shape index (κ1) is 26.8. The molecular weight excluding hydrogens is 424 g/mol. The molecular formula is C30H46O4. The summed E-state index contributed by atoms with van der Waals surface area (Å²) in [6.07, 6.45) is 19.5. The van der Waals surface area contributed by atoms with Crippen LogP contribution in [0.3, 0.4) is 0 Å². The topological polar surface area (TPSA) is 52.6 Å². The van der Waals surface area contributed by atoms with E-state index in [0.29, 0.717) is 17.9 Å². The predicted octanol–water partition coefficient (Wildman–Crippen LogP) is 8.27. The zero-order valence-electron chi connectivity index (χ0n) is 21.6. The van der Waals surface area contributed by atoms with Gasteiger partial charge in [-0.1, -0.05) is 65.2 Å². The Morgan fingerprint density at radius 1 is 0.706 bits per heavy atom. The number of hydrogen-bond acceptors (Lipinski definition) is 4. The first-order chi connectivity index (χ1) is 16.6. The monoisotopic (exact) mass is 470 g/mol. The largest absolute Gasteiger partial charge is 0.427 e. The number of benzene rings is 1. The summed E-state index contributed by atoms with van der Waals surface area (Å²) < 4.78 is 10.9. The second kappa shape index (κ2) is 14.5. The van der Waals surface area contributed by atoms with Crippen LogP contribution < -0.4 is 9.47 Å². The Morgan fingerprint density at radius 3 is 1.85 bits per heavy atom. The fourth-order valence-electron chi connectivity index (χ4n) is 5.97.